The fraction of sp³-hybridized carbons (Fsp3) is 1.00. The molecule has 0 saturated carbocycles. The van der Waals surface area contributed by atoms with Crippen LogP contribution >= 0.6 is 0 Å². The number of β-amino-alcohol motifs (C(OH)–C–C–N with tert-alkyl or cyclic N) is 1. The van der Waals surface area contributed by atoms with E-state index in [4.69, 9.17) is 0 Å². The maximum Gasteiger partial charge on any atom is 0.393 e. The Morgan fingerprint density at radius 1 is 1.25 bits per heavy atom. The Morgan fingerprint density at radius 3 is 2.56 bits per heavy atom. The van der Waals surface area contributed by atoms with Crippen molar-refractivity contribution < 1.29 is 18.3 Å². The van der Waals surface area contributed by atoms with Gasteiger partial charge in [0, 0.05) is 25.7 Å². The number of likely N-dealkylation sites (tertiary alicyclic amines) is 1. The van der Waals surface area contributed by atoms with E-state index in [-0.39, 0.29) is 19.0 Å². The van der Waals surface area contributed by atoms with Gasteiger partial charge in [0.05, 0.1) is 12.0 Å². The molecule has 2 rings (SSSR count). The molecule has 0 aliphatic carbocycles. The van der Waals surface area contributed by atoms with Crippen LogP contribution in [0.15, 0.2) is 0 Å². The lowest BCUT2D eigenvalue weighted by Gasteiger charge is -2.38. The van der Waals surface area contributed by atoms with Gasteiger partial charge in [0.2, 0.25) is 0 Å². The number of nitrogens with one attached hydrogen (secondary N) is 1. The molecule has 3 nitrogen and oxygen atoms in total. The molecule has 0 amide bonds. The van der Waals surface area contributed by atoms with E-state index in [0.29, 0.717) is 26.1 Å². The molecule has 0 aromatic heterocycles. The van der Waals surface area contributed by atoms with Crippen molar-refractivity contribution >= 4 is 0 Å². The zero-order chi connectivity index (χ0) is 11.8. The Labute approximate surface area is 92.6 Å². The number of hydrogen-bond acceptors (Lipinski definition) is 3. The molecule has 0 radical (unpaired) electrons. The molecular weight excluding hydrogens is 221 g/mol. The van der Waals surface area contributed by atoms with Gasteiger partial charge in [-0.1, -0.05) is 0 Å². The van der Waals surface area contributed by atoms with Crippen LogP contribution in [0.25, 0.3) is 0 Å². The minimum Gasteiger partial charge on any atom is -0.390 e. The second-order valence-corrected chi connectivity index (χ2v) is 4.67. The normalized spacial score (nSPS) is 37.9. The molecule has 3 atom stereocenters. The minimum absolute atomic E-state index is 0.0346. The second-order valence-electron chi connectivity index (χ2n) is 4.67. The summed E-state index contributed by atoms with van der Waals surface area (Å²) in [6.45, 7) is 1.77. The van der Waals surface area contributed by atoms with Gasteiger partial charge < -0.3 is 10.4 Å². The number of halogens is 3. The van der Waals surface area contributed by atoms with Crippen molar-refractivity contribution in [3.05, 3.63) is 0 Å². The van der Waals surface area contributed by atoms with Gasteiger partial charge in [-0.05, 0) is 19.4 Å². The highest BCUT2D eigenvalue weighted by Crippen LogP contribution is 2.34. The largest absolute Gasteiger partial charge is 0.393 e. The smallest absolute Gasteiger partial charge is 0.390 e. The van der Waals surface area contributed by atoms with Crippen LogP contribution in [-0.4, -0.2) is 54.5 Å². The molecule has 6 heteroatoms. The van der Waals surface area contributed by atoms with Crippen molar-refractivity contribution in [1.82, 2.24) is 10.2 Å². The molecule has 2 heterocycles. The summed E-state index contributed by atoms with van der Waals surface area (Å²) in [5, 5.41) is 12.6. The summed E-state index contributed by atoms with van der Waals surface area (Å²) in [7, 11) is 0. The van der Waals surface area contributed by atoms with Crippen LogP contribution in [-0.2, 0) is 0 Å². The molecule has 0 aromatic carbocycles. The fourth-order valence-electron chi connectivity index (χ4n) is 2.60. The highest BCUT2D eigenvalue weighted by Gasteiger charge is 2.44. The topological polar surface area (TPSA) is 35.5 Å². The van der Waals surface area contributed by atoms with Crippen molar-refractivity contribution in [1.29, 1.82) is 0 Å². The molecule has 2 aliphatic heterocycles. The van der Waals surface area contributed by atoms with Crippen LogP contribution in [0.5, 0.6) is 0 Å². The first kappa shape index (κ1) is 12.1. The average Bonchev–Trinajstić information content (AvgIpc) is 2.63. The lowest BCUT2D eigenvalue weighted by molar-refractivity contribution is -0.189. The molecule has 0 aromatic rings. The van der Waals surface area contributed by atoms with Crippen LogP contribution in [0.3, 0.4) is 0 Å². The summed E-state index contributed by atoms with van der Waals surface area (Å²) >= 11 is 0. The van der Waals surface area contributed by atoms with Gasteiger partial charge in [-0.25, -0.2) is 0 Å². The van der Waals surface area contributed by atoms with Gasteiger partial charge >= 0.3 is 6.18 Å². The number of piperidine rings is 1. The van der Waals surface area contributed by atoms with Gasteiger partial charge in [-0.3, -0.25) is 4.90 Å². The Kier molecular flexibility index (Phi) is 3.42. The third kappa shape index (κ3) is 2.49. The number of aliphatic hydroxyl groups is 1. The molecule has 2 fully saturated rings. The van der Waals surface area contributed by atoms with Crippen LogP contribution in [0.1, 0.15) is 12.8 Å². The fourth-order valence-corrected chi connectivity index (χ4v) is 2.60. The van der Waals surface area contributed by atoms with Crippen LogP contribution in [0.2, 0.25) is 0 Å². The predicted octanol–water partition coefficient (Wildman–Crippen LogP) is 0.593. The Bertz CT molecular complexity index is 247. The van der Waals surface area contributed by atoms with Gasteiger partial charge in [0.25, 0.3) is 0 Å². The van der Waals surface area contributed by atoms with Crippen molar-refractivity contribution in [2.75, 3.05) is 26.2 Å². The molecule has 16 heavy (non-hydrogen) atoms. The molecular formula is C10H17F3N2O. The lowest BCUT2D eigenvalue weighted by Crippen LogP contribution is -2.50. The number of alkyl halides is 3. The van der Waals surface area contributed by atoms with E-state index >= 15 is 0 Å². The SMILES string of the molecule is OC1CNCC1N1CCCC(C(F)(F)F)C1. The van der Waals surface area contributed by atoms with Crippen molar-refractivity contribution in [2.24, 2.45) is 5.92 Å². The average molecular weight is 238 g/mol. The molecule has 94 valence electrons. The summed E-state index contributed by atoms with van der Waals surface area (Å²) in [5.74, 6) is -1.23. The van der Waals surface area contributed by atoms with E-state index in [0.717, 1.165) is 0 Å². The zero-order valence-electron chi connectivity index (χ0n) is 9.00. The molecule has 3 unspecified atom stereocenters. The van der Waals surface area contributed by atoms with Gasteiger partial charge in [0.1, 0.15) is 0 Å². The van der Waals surface area contributed by atoms with Gasteiger partial charge in [0.15, 0.2) is 0 Å². The summed E-state index contributed by atoms with van der Waals surface area (Å²) in [6, 6.07) is -0.148. The summed E-state index contributed by atoms with van der Waals surface area (Å²) in [4.78, 5) is 1.78. The van der Waals surface area contributed by atoms with E-state index in [1.807, 2.05) is 0 Å². The standard InChI is InChI=1S/C10H17F3N2O/c11-10(12,13)7-2-1-3-15(6-7)8-4-14-5-9(8)16/h7-9,14,16H,1-6H2. The quantitative estimate of drug-likeness (QED) is 0.702. The van der Waals surface area contributed by atoms with E-state index in [9.17, 15) is 18.3 Å². The maximum absolute atomic E-state index is 12.6. The number of hydrogen-bond donors (Lipinski definition) is 2. The molecule has 2 saturated heterocycles. The van der Waals surface area contributed by atoms with Crippen molar-refractivity contribution in [3.63, 3.8) is 0 Å². The highest BCUT2D eigenvalue weighted by atomic mass is 19.4. The first-order valence-electron chi connectivity index (χ1n) is 5.68. The predicted molar refractivity (Wildman–Crippen MR) is 53.0 cm³/mol. The monoisotopic (exact) mass is 238 g/mol. The molecule has 0 spiro atoms. The third-order valence-corrected chi connectivity index (χ3v) is 3.54. The Hall–Kier alpha value is -0.330. The first-order chi connectivity index (χ1) is 7.48. The molecule has 2 N–H and O–H groups in total. The van der Waals surface area contributed by atoms with E-state index in [1.165, 1.54) is 0 Å². The Morgan fingerprint density at radius 2 is 2.00 bits per heavy atom. The van der Waals surface area contributed by atoms with E-state index in [1.54, 1.807) is 4.90 Å². The minimum atomic E-state index is -4.10. The van der Waals surface area contributed by atoms with Crippen molar-refractivity contribution in [2.45, 2.75) is 31.2 Å². The van der Waals surface area contributed by atoms with Gasteiger partial charge in [-0.2, -0.15) is 13.2 Å². The molecule has 2 aliphatic rings. The number of aliphatic hydroxyl groups excluding tert-OH is 1. The summed E-state index contributed by atoms with van der Waals surface area (Å²) in [6.07, 6.45) is -3.86. The highest BCUT2D eigenvalue weighted by molar-refractivity contribution is 4.91. The Balaban J connectivity index is 1.96. The maximum atomic E-state index is 12.6. The van der Waals surface area contributed by atoms with Gasteiger partial charge in [-0.15, -0.1) is 0 Å². The summed E-state index contributed by atoms with van der Waals surface area (Å²) < 4.78 is 37.8. The lowest BCUT2D eigenvalue weighted by atomic mass is 9.95. The van der Waals surface area contributed by atoms with Crippen LogP contribution < -0.4 is 5.32 Å². The third-order valence-electron chi connectivity index (χ3n) is 3.54. The van der Waals surface area contributed by atoms with E-state index in [2.05, 4.69) is 5.32 Å². The zero-order valence-corrected chi connectivity index (χ0v) is 9.00. The van der Waals surface area contributed by atoms with Crippen LogP contribution in [0, 0.1) is 5.92 Å². The number of nitrogens with zero attached hydrogens (tertiary/aromatic N) is 1. The molecule has 0 bridgehead atoms. The van der Waals surface area contributed by atoms with Crippen molar-refractivity contribution in [3.8, 4) is 0 Å². The summed E-state index contributed by atoms with van der Waals surface area (Å²) in [5.41, 5.74) is 0. The first-order valence-corrected chi connectivity index (χ1v) is 5.68. The second kappa shape index (κ2) is 4.50. The van der Waals surface area contributed by atoms with Crippen LogP contribution in [0.4, 0.5) is 13.2 Å². The van der Waals surface area contributed by atoms with E-state index < -0.39 is 18.2 Å². The number of rotatable bonds is 1.